The molecule has 0 heterocycles. The van der Waals surface area contributed by atoms with Crippen LogP contribution in [0.4, 0.5) is 0 Å². The topological polar surface area (TPSA) is 44.1 Å². The molecule has 106 valence electrons. The van der Waals surface area contributed by atoms with Crippen molar-refractivity contribution < 1.29 is 4.79 Å². The predicted octanol–water partition coefficient (Wildman–Crippen LogP) is 3.26. The van der Waals surface area contributed by atoms with Crippen molar-refractivity contribution >= 4 is 5.91 Å². The minimum atomic E-state index is -0.0268. The van der Waals surface area contributed by atoms with E-state index >= 15 is 0 Å². The van der Waals surface area contributed by atoms with Crippen molar-refractivity contribution in [2.24, 2.45) is 0 Å². The van der Waals surface area contributed by atoms with Crippen LogP contribution in [0, 0.1) is 11.3 Å². The third kappa shape index (κ3) is 3.01. The van der Waals surface area contributed by atoms with Gasteiger partial charge in [-0.3, -0.25) is 4.79 Å². The van der Waals surface area contributed by atoms with Gasteiger partial charge >= 0.3 is 0 Å². The van der Waals surface area contributed by atoms with E-state index in [1.807, 2.05) is 30.9 Å². The van der Waals surface area contributed by atoms with Crippen molar-refractivity contribution in [1.29, 1.82) is 5.26 Å². The molecule has 3 nitrogen and oxygen atoms in total. The molecule has 1 aromatic carbocycles. The van der Waals surface area contributed by atoms with Crippen LogP contribution in [0.25, 0.3) is 0 Å². The van der Waals surface area contributed by atoms with Gasteiger partial charge in [0, 0.05) is 12.6 Å². The van der Waals surface area contributed by atoms with Gasteiger partial charge in [-0.15, -0.1) is 0 Å². The molecule has 0 saturated carbocycles. The minimum absolute atomic E-state index is 0.0268. The minimum Gasteiger partial charge on any atom is -0.339 e. The lowest BCUT2D eigenvalue weighted by Gasteiger charge is -2.33. The summed E-state index contributed by atoms with van der Waals surface area (Å²) < 4.78 is 0. The molecule has 0 N–H and O–H groups in total. The lowest BCUT2D eigenvalue weighted by molar-refractivity contribution is -0.134. The van der Waals surface area contributed by atoms with E-state index in [1.165, 1.54) is 11.1 Å². The van der Waals surface area contributed by atoms with Gasteiger partial charge in [0.05, 0.1) is 18.4 Å². The van der Waals surface area contributed by atoms with Crippen molar-refractivity contribution in [3.63, 3.8) is 0 Å². The van der Waals surface area contributed by atoms with Crippen LogP contribution in [0.15, 0.2) is 24.3 Å². The van der Waals surface area contributed by atoms with Crippen LogP contribution in [0.5, 0.6) is 0 Å². The molecule has 0 radical (unpaired) electrons. The van der Waals surface area contributed by atoms with Crippen LogP contribution in [-0.4, -0.2) is 23.4 Å². The van der Waals surface area contributed by atoms with Gasteiger partial charge in [-0.05, 0) is 44.2 Å². The van der Waals surface area contributed by atoms with Crippen LogP contribution in [0.1, 0.15) is 50.2 Å². The molecule has 20 heavy (non-hydrogen) atoms. The number of aryl methyl sites for hydroxylation is 1. The van der Waals surface area contributed by atoms with Crippen molar-refractivity contribution in [1.82, 2.24) is 4.90 Å². The second-order valence-electron chi connectivity index (χ2n) is 5.68. The maximum Gasteiger partial charge on any atom is 0.230 e. The Hall–Kier alpha value is -1.82. The average Bonchev–Trinajstić information content (AvgIpc) is 2.46. The molecule has 0 aromatic heterocycles. The number of nitrogens with zero attached hydrogens (tertiary/aromatic N) is 2. The highest BCUT2D eigenvalue weighted by atomic mass is 16.2. The predicted molar refractivity (Wildman–Crippen MR) is 79.2 cm³/mol. The Morgan fingerprint density at radius 1 is 1.45 bits per heavy atom. The highest BCUT2D eigenvalue weighted by molar-refractivity contribution is 5.84. The summed E-state index contributed by atoms with van der Waals surface area (Å²) in [5, 5.41) is 8.76. The molecule has 0 fully saturated rings. The molecule has 0 spiro atoms. The molecule has 1 aromatic rings. The van der Waals surface area contributed by atoms with Gasteiger partial charge < -0.3 is 4.90 Å². The Bertz CT molecular complexity index is 516. The molecule has 3 heteroatoms. The fraction of sp³-hybridized carbons (Fsp3) is 0.529. The average molecular weight is 270 g/mol. The van der Waals surface area contributed by atoms with Gasteiger partial charge in [0.15, 0.2) is 0 Å². The Kier molecular flexibility index (Phi) is 4.79. The molecule has 1 amide bonds. The molecule has 0 aliphatic heterocycles. The maximum atomic E-state index is 12.8. The standard InChI is InChI=1S/C17H22N2O/c1-13(2)19(12-6-11-18)17(20)16-10-5-8-14-7-3-4-9-15(14)16/h3-4,7,9,13,16H,5-6,8,10,12H2,1-2H3/t16-/m0/s1. The third-order valence-corrected chi connectivity index (χ3v) is 4.04. The summed E-state index contributed by atoms with van der Waals surface area (Å²) in [7, 11) is 0. The summed E-state index contributed by atoms with van der Waals surface area (Å²) in [5.41, 5.74) is 2.49. The van der Waals surface area contributed by atoms with Crippen LogP contribution < -0.4 is 0 Å². The highest BCUT2D eigenvalue weighted by Gasteiger charge is 2.30. The Morgan fingerprint density at radius 2 is 2.20 bits per heavy atom. The van der Waals surface area contributed by atoms with E-state index in [0.29, 0.717) is 13.0 Å². The first-order valence-electron chi connectivity index (χ1n) is 7.40. The van der Waals surface area contributed by atoms with Gasteiger partial charge in [0.2, 0.25) is 5.91 Å². The van der Waals surface area contributed by atoms with Crippen LogP contribution in [-0.2, 0) is 11.2 Å². The number of benzene rings is 1. The molecule has 1 aliphatic rings. The zero-order chi connectivity index (χ0) is 14.5. The number of nitriles is 1. The quantitative estimate of drug-likeness (QED) is 0.843. The lowest BCUT2D eigenvalue weighted by atomic mass is 9.82. The van der Waals surface area contributed by atoms with Crippen molar-refractivity contribution in [2.75, 3.05) is 6.54 Å². The lowest BCUT2D eigenvalue weighted by Crippen LogP contribution is -2.41. The maximum absolute atomic E-state index is 12.8. The SMILES string of the molecule is CC(C)N(CCC#N)C(=O)[C@H]1CCCc2ccccc21. The van der Waals surface area contributed by atoms with Gasteiger partial charge in [-0.2, -0.15) is 5.26 Å². The number of hydrogen-bond donors (Lipinski definition) is 0. The van der Waals surface area contributed by atoms with Gasteiger partial charge in [0.1, 0.15) is 0 Å². The molecular formula is C17H22N2O. The van der Waals surface area contributed by atoms with Gasteiger partial charge in [0.25, 0.3) is 0 Å². The Balaban J connectivity index is 2.22. The molecule has 0 bridgehead atoms. The van der Waals surface area contributed by atoms with E-state index in [2.05, 4.69) is 18.2 Å². The largest absolute Gasteiger partial charge is 0.339 e. The number of fused-ring (bicyclic) bond motifs is 1. The first-order chi connectivity index (χ1) is 9.65. The van der Waals surface area contributed by atoms with E-state index in [4.69, 9.17) is 5.26 Å². The molecule has 2 rings (SSSR count). The molecule has 0 unspecified atom stereocenters. The summed E-state index contributed by atoms with van der Waals surface area (Å²) in [5.74, 6) is 0.156. The van der Waals surface area contributed by atoms with Crippen LogP contribution in [0.3, 0.4) is 0 Å². The molecule has 0 saturated heterocycles. The summed E-state index contributed by atoms with van der Waals surface area (Å²) in [6.45, 7) is 4.57. The summed E-state index contributed by atoms with van der Waals surface area (Å²) in [6, 6.07) is 10.5. The van der Waals surface area contributed by atoms with E-state index < -0.39 is 0 Å². The van der Waals surface area contributed by atoms with E-state index in [9.17, 15) is 4.79 Å². The third-order valence-electron chi connectivity index (χ3n) is 4.04. The Morgan fingerprint density at radius 3 is 2.90 bits per heavy atom. The zero-order valence-corrected chi connectivity index (χ0v) is 12.3. The second kappa shape index (κ2) is 6.56. The van der Waals surface area contributed by atoms with Crippen molar-refractivity contribution in [3.8, 4) is 6.07 Å². The van der Waals surface area contributed by atoms with Crippen molar-refractivity contribution in [3.05, 3.63) is 35.4 Å². The number of carbonyl (C=O) groups excluding carboxylic acids is 1. The second-order valence-corrected chi connectivity index (χ2v) is 5.68. The summed E-state index contributed by atoms with van der Waals surface area (Å²) in [6.07, 6.45) is 3.46. The fourth-order valence-electron chi connectivity index (χ4n) is 3.00. The van der Waals surface area contributed by atoms with Gasteiger partial charge in [-0.1, -0.05) is 24.3 Å². The highest BCUT2D eigenvalue weighted by Crippen LogP contribution is 2.33. The summed E-state index contributed by atoms with van der Waals surface area (Å²) in [4.78, 5) is 14.7. The molecule has 1 atom stereocenters. The Labute approximate surface area is 121 Å². The van der Waals surface area contributed by atoms with E-state index in [0.717, 1.165) is 19.3 Å². The summed E-state index contributed by atoms with van der Waals surface area (Å²) >= 11 is 0. The molecular weight excluding hydrogens is 248 g/mol. The number of hydrogen-bond acceptors (Lipinski definition) is 2. The van der Waals surface area contributed by atoms with Crippen LogP contribution in [0.2, 0.25) is 0 Å². The normalized spacial score (nSPS) is 17.4. The first-order valence-corrected chi connectivity index (χ1v) is 7.40. The van der Waals surface area contributed by atoms with E-state index in [-0.39, 0.29) is 17.9 Å². The zero-order valence-electron chi connectivity index (χ0n) is 12.3. The number of carbonyl (C=O) groups is 1. The first kappa shape index (κ1) is 14.6. The molecule has 1 aliphatic carbocycles. The van der Waals surface area contributed by atoms with Gasteiger partial charge in [-0.25, -0.2) is 0 Å². The van der Waals surface area contributed by atoms with E-state index in [1.54, 1.807) is 0 Å². The van der Waals surface area contributed by atoms with Crippen molar-refractivity contribution in [2.45, 2.75) is 51.5 Å². The monoisotopic (exact) mass is 270 g/mol. The number of rotatable bonds is 4. The fourth-order valence-corrected chi connectivity index (χ4v) is 3.00. The smallest absolute Gasteiger partial charge is 0.230 e. The van der Waals surface area contributed by atoms with Crippen LogP contribution >= 0.6 is 0 Å². The number of amides is 1.